The first-order valence-corrected chi connectivity index (χ1v) is 10.7. The Morgan fingerprint density at radius 1 is 1.12 bits per heavy atom. The molecule has 7 nitrogen and oxygen atoms in total. The maximum atomic E-state index is 12.7. The summed E-state index contributed by atoms with van der Waals surface area (Å²) >= 11 is 0. The molecule has 2 aliphatic heterocycles. The Morgan fingerprint density at radius 2 is 1.81 bits per heavy atom. The average molecular weight is 381 g/mol. The van der Waals surface area contributed by atoms with E-state index in [0.717, 1.165) is 25.9 Å². The normalized spacial score (nSPS) is 23.1. The molecule has 1 aromatic rings. The first-order valence-electron chi connectivity index (χ1n) is 9.23. The summed E-state index contributed by atoms with van der Waals surface area (Å²) in [5, 5.41) is 3.28. The summed E-state index contributed by atoms with van der Waals surface area (Å²) in [4.78, 5) is 16.9. The van der Waals surface area contributed by atoms with E-state index >= 15 is 0 Å². The quantitative estimate of drug-likeness (QED) is 0.790. The van der Waals surface area contributed by atoms with Gasteiger partial charge in [-0.2, -0.15) is 4.31 Å². The van der Waals surface area contributed by atoms with Crippen molar-refractivity contribution in [2.24, 2.45) is 0 Å². The largest absolute Gasteiger partial charge is 0.339 e. The highest BCUT2D eigenvalue weighted by Crippen LogP contribution is 2.17. The molecule has 0 aliphatic carbocycles. The summed E-state index contributed by atoms with van der Waals surface area (Å²) < 4.78 is 26.8. The van der Waals surface area contributed by atoms with Crippen molar-refractivity contribution in [3.05, 3.63) is 30.3 Å². The number of nitrogens with one attached hydrogen (secondary N) is 1. The van der Waals surface area contributed by atoms with Crippen molar-refractivity contribution in [3.8, 4) is 0 Å². The van der Waals surface area contributed by atoms with E-state index in [-0.39, 0.29) is 5.91 Å². The van der Waals surface area contributed by atoms with Crippen molar-refractivity contribution in [2.75, 3.05) is 52.9 Å². The predicted molar refractivity (Wildman–Crippen MR) is 100 cm³/mol. The van der Waals surface area contributed by atoms with Crippen LogP contribution in [-0.2, 0) is 14.8 Å². The van der Waals surface area contributed by atoms with E-state index in [9.17, 15) is 13.2 Å². The van der Waals surface area contributed by atoms with Crippen LogP contribution in [0.1, 0.15) is 12.8 Å². The van der Waals surface area contributed by atoms with Crippen LogP contribution in [0.4, 0.5) is 0 Å². The minimum absolute atomic E-state index is 0.0958. The van der Waals surface area contributed by atoms with Crippen LogP contribution in [0.15, 0.2) is 35.2 Å². The molecule has 2 aliphatic rings. The molecule has 1 N–H and O–H groups in total. The predicted octanol–water partition coefficient (Wildman–Crippen LogP) is 0.203. The fourth-order valence-corrected chi connectivity index (χ4v) is 5.09. The Labute approximate surface area is 156 Å². The SMILES string of the molecule is CNC1CCCN(CC(=O)N2CCN(S(=O)(=O)c3ccccc3)CC2)C1. The molecule has 144 valence electrons. The number of rotatable bonds is 5. The number of amides is 1. The number of hydrogen-bond acceptors (Lipinski definition) is 5. The van der Waals surface area contributed by atoms with Crippen molar-refractivity contribution in [2.45, 2.75) is 23.8 Å². The van der Waals surface area contributed by atoms with Gasteiger partial charge in [0.15, 0.2) is 0 Å². The number of piperidine rings is 1. The number of benzene rings is 1. The molecule has 0 saturated carbocycles. The Balaban J connectivity index is 1.52. The molecule has 2 heterocycles. The van der Waals surface area contributed by atoms with Crippen LogP contribution in [0.3, 0.4) is 0 Å². The monoisotopic (exact) mass is 380 g/mol. The molecule has 1 aromatic carbocycles. The van der Waals surface area contributed by atoms with Crippen LogP contribution in [0.2, 0.25) is 0 Å². The van der Waals surface area contributed by atoms with Crippen molar-refractivity contribution >= 4 is 15.9 Å². The summed E-state index contributed by atoms with van der Waals surface area (Å²) in [5.41, 5.74) is 0. The fraction of sp³-hybridized carbons (Fsp3) is 0.611. The molecule has 8 heteroatoms. The minimum atomic E-state index is -3.47. The number of piperazine rings is 1. The van der Waals surface area contributed by atoms with Gasteiger partial charge in [-0.25, -0.2) is 8.42 Å². The summed E-state index contributed by atoms with van der Waals surface area (Å²) in [7, 11) is -1.51. The maximum Gasteiger partial charge on any atom is 0.243 e. The lowest BCUT2D eigenvalue weighted by Crippen LogP contribution is -2.54. The Morgan fingerprint density at radius 3 is 2.46 bits per heavy atom. The standard InChI is InChI=1S/C18H28N4O3S/c1-19-16-6-5-9-20(14-16)15-18(23)21-10-12-22(13-11-21)26(24,25)17-7-3-2-4-8-17/h2-4,7-8,16,19H,5-6,9-15H2,1H3. The topological polar surface area (TPSA) is 73.0 Å². The maximum absolute atomic E-state index is 12.7. The van der Waals surface area contributed by atoms with Crippen LogP contribution >= 0.6 is 0 Å². The zero-order valence-corrected chi connectivity index (χ0v) is 16.1. The van der Waals surface area contributed by atoms with Crippen molar-refractivity contribution in [1.82, 2.24) is 19.4 Å². The minimum Gasteiger partial charge on any atom is -0.339 e. The van der Waals surface area contributed by atoms with Gasteiger partial charge in [0.05, 0.1) is 11.4 Å². The first kappa shape index (κ1) is 19.3. The van der Waals surface area contributed by atoms with Gasteiger partial charge in [-0.15, -0.1) is 0 Å². The molecule has 2 fully saturated rings. The number of carbonyl (C=O) groups excluding carboxylic acids is 1. The van der Waals surface area contributed by atoms with Gasteiger partial charge in [-0.1, -0.05) is 18.2 Å². The van der Waals surface area contributed by atoms with Gasteiger partial charge in [-0.05, 0) is 38.6 Å². The van der Waals surface area contributed by atoms with E-state index < -0.39 is 10.0 Å². The van der Waals surface area contributed by atoms with Gasteiger partial charge in [0, 0.05) is 38.8 Å². The van der Waals surface area contributed by atoms with Gasteiger partial charge >= 0.3 is 0 Å². The number of likely N-dealkylation sites (N-methyl/N-ethyl adjacent to an activating group) is 1. The van der Waals surface area contributed by atoms with Crippen LogP contribution in [0, 0.1) is 0 Å². The molecular formula is C18H28N4O3S. The van der Waals surface area contributed by atoms with E-state index in [2.05, 4.69) is 10.2 Å². The lowest BCUT2D eigenvalue weighted by Gasteiger charge is -2.37. The third-order valence-electron chi connectivity index (χ3n) is 5.24. The lowest BCUT2D eigenvalue weighted by molar-refractivity contribution is -0.133. The molecule has 1 atom stereocenters. The second-order valence-corrected chi connectivity index (χ2v) is 8.90. The van der Waals surface area contributed by atoms with Gasteiger partial charge in [0.2, 0.25) is 15.9 Å². The summed E-state index contributed by atoms with van der Waals surface area (Å²) in [6.45, 7) is 3.87. The second-order valence-electron chi connectivity index (χ2n) is 6.96. The number of carbonyl (C=O) groups is 1. The van der Waals surface area contributed by atoms with Gasteiger partial charge < -0.3 is 10.2 Å². The number of sulfonamides is 1. The van der Waals surface area contributed by atoms with Crippen LogP contribution in [-0.4, -0.2) is 87.3 Å². The van der Waals surface area contributed by atoms with Crippen LogP contribution in [0.25, 0.3) is 0 Å². The van der Waals surface area contributed by atoms with Crippen LogP contribution in [0.5, 0.6) is 0 Å². The van der Waals surface area contributed by atoms with E-state index in [1.165, 1.54) is 4.31 Å². The number of likely N-dealkylation sites (tertiary alicyclic amines) is 1. The molecule has 0 bridgehead atoms. The van der Waals surface area contributed by atoms with Crippen molar-refractivity contribution < 1.29 is 13.2 Å². The highest BCUT2D eigenvalue weighted by Gasteiger charge is 2.31. The molecule has 0 radical (unpaired) electrons. The third kappa shape index (κ3) is 4.43. The molecule has 0 spiro atoms. The van der Waals surface area contributed by atoms with E-state index in [1.54, 1.807) is 35.2 Å². The molecular weight excluding hydrogens is 352 g/mol. The first-order chi connectivity index (χ1) is 12.5. The number of hydrogen-bond donors (Lipinski definition) is 1. The average Bonchev–Trinajstić information content (AvgIpc) is 2.69. The van der Waals surface area contributed by atoms with Gasteiger partial charge in [0.25, 0.3) is 0 Å². The zero-order valence-electron chi connectivity index (χ0n) is 15.3. The van der Waals surface area contributed by atoms with Crippen LogP contribution < -0.4 is 5.32 Å². The summed E-state index contributed by atoms with van der Waals surface area (Å²) in [6.07, 6.45) is 2.25. The van der Waals surface area contributed by atoms with Crippen molar-refractivity contribution in [1.29, 1.82) is 0 Å². The van der Waals surface area contributed by atoms with Gasteiger partial charge in [0.1, 0.15) is 0 Å². The molecule has 3 rings (SSSR count). The Bertz CT molecular complexity index is 702. The van der Waals surface area contributed by atoms with E-state index in [4.69, 9.17) is 0 Å². The van der Waals surface area contributed by atoms with Gasteiger partial charge in [-0.3, -0.25) is 9.69 Å². The fourth-order valence-electron chi connectivity index (χ4n) is 3.65. The van der Waals surface area contributed by atoms with E-state index in [1.807, 2.05) is 7.05 Å². The second kappa shape index (κ2) is 8.47. The smallest absolute Gasteiger partial charge is 0.243 e. The highest BCUT2D eigenvalue weighted by atomic mass is 32.2. The molecule has 2 saturated heterocycles. The Hall–Kier alpha value is -1.48. The van der Waals surface area contributed by atoms with E-state index in [0.29, 0.717) is 43.7 Å². The zero-order chi connectivity index (χ0) is 18.6. The highest BCUT2D eigenvalue weighted by molar-refractivity contribution is 7.89. The molecule has 1 amide bonds. The molecule has 0 aromatic heterocycles. The Kier molecular flexibility index (Phi) is 6.29. The molecule has 26 heavy (non-hydrogen) atoms. The summed E-state index contributed by atoms with van der Waals surface area (Å²) in [5.74, 6) is 0.0958. The third-order valence-corrected chi connectivity index (χ3v) is 7.16. The summed E-state index contributed by atoms with van der Waals surface area (Å²) in [6, 6.07) is 8.93. The lowest BCUT2D eigenvalue weighted by atomic mass is 10.1. The molecule has 1 unspecified atom stereocenters. The number of nitrogens with zero attached hydrogens (tertiary/aromatic N) is 3. The van der Waals surface area contributed by atoms with Crippen molar-refractivity contribution in [3.63, 3.8) is 0 Å².